The molecule has 3 rings (SSSR count). The second kappa shape index (κ2) is 4.33. The number of thiophene rings is 1. The average Bonchev–Trinajstić information content (AvgIpc) is 2.96. The summed E-state index contributed by atoms with van der Waals surface area (Å²) in [6, 6.07) is 2.19. The molecule has 1 amide bonds. The van der Waals surface area contributed by atoms with Crippen molar-refractivity contribution in [2.75, 3.05) is 6.54 Å². The highest BCUT2D eigenvalue weighted by Crippen LogP contribution is 2.41. The lowest BCUT2D eigenvalue weighted by atomic mass is 9.86. The fraction of sp³-hybridized carbons (Fsp3) is 0.615. The number of nitrogens with two attached hydrogens (primary N) is 1. The van der Waals surface area contributed by atoms with Crippen LogP contribution in [0, 0.1) is 0 Å². The summed E-state index contributed by atoms with van der Waals surface area (Å²) in [5, 5.41) is 14.2. The first kappa shape index (κ1) is 12.1. The molecule has 0 aromatic carbocycles. The van der Waals surface area contributed by atoms with Crippen molar-refractivity contribution in [1.29, 1.82) is 0 Å². The van der Waals surface area contributed by atoms with Gasteiger partial charge in [0.1, 0.15) is 0 Å². The van der Waals surface area contributed by atoms with Crippen molar-refractivity contribution < 1.29 is 9.90 Å². The average molecular weight is 266 g/mol. The van der Waals surface area contributed by atoms with Crippen LogP contribution in [0.2, 0.25) is 0 Å². The van der Waals surface area contributed by atoms with E-state index in [1.807, 2.05) is 21.7 Å². The van der Waals surface area contributed by atoms with Crippen LogP contribution in [-0.2, 0) is 0 Å². The lowest BCUT2D eigenvalue weighted by molar-refractivity contribution is -0.0366. The largest absolute Gasteiger partial charge is 0.388 e. The minimum absolute atomic E-state index is 0.114. The van der Waals surface area contributed by atoms with E-state index in [4.69, 9.17) is 5.73 Å². The van der Waals surface area contributed by atoms with E-state index in [1.165, 1.54) is 0 Å². The van der Waals surface area contributed by atoms with Crippen molar-refractivity contribution in [2.45, 2.75) is 43.4 Å². The highest BCUT2D eigenvalue weighted by Gasteiger charge is 2.48. The first-order valence-corrected chi connectivity index (χ1v) is 7.34. The van der Waals surface area contributed by atoms with Crippen molar-refractivity contribution in [2.24, 2.45) is 5.73 Å². The number of nitrogens with zero attached hydrogens (tertiary/aromatic N) is 1. The van der Waals surface area contributed by atoms with Gasteiger partial charge in [-0.1, -0.05) is 0 Å². The number of hydrogen-bond acceptors (Lipinski definition) is 4. The minimum Gasteiger partial charge on any atom is -0.388 e. The van der Waals surface area contributed by atoms with Gasteiger partial charge in [0.2, 0.25) is 0 Å². The summed E-state index contributed by atoms with van der Waals surface area (Å²) in [5.41, 5.74) is 5.66. The second-order valence-electron chi connectivity index (χ2n) is 5.45. The second-order valence-corrected chi connectivity index (χ2v) is 6.23. The number of carbonyl (C=O) groups excluding carboxylic acids is 1. The van der Waals surface area contributed by atoms with Crippen LogP contribution in [-0.4, -0.2) is 40.1 Å². The van der Waals surface area contributed by atoms with Crippen LogP contribution in [0.25, 0.3) is 0 Å². The van der Waals surface area contributed by atoms with Crippen LogP contribution >= 0.6 is 11.3 Å². The molecule has 4 nitrogen and oxygen atoms in total. The van der Waals surface area contributed by atoms with Crippen molar-refractivity contribution in [1.82, 2.24) is 4.90 Å². The third-order valence-corrected chi connectivity index (χ3v) is 4.92. The molecule has 0 aliphatic carbocycles. The monoisotopic (exact) mass is 266 g/mol. The van der Waals surface area contributed by atoms with Crippen molar-refractivity contribution in [3.05, 3.63) is 22.4 Å². The maximum atomic E-state index is 12.4. The van der Waals surface area contributed by atoms with Gasteiger partial charge in [0.25, 0.3) is 5.91 Å². The molecule has 2 aliphatic heterocycles. The third-order valence-electron chi connectivity index (χ3n) is 4.23. The molecule has 0 radical (unpaired) electrons. The molecule has 2 aliphatic rings. The first-order valence-electron chi connectivity index (χ1n) is 6.40. The summed E-state index contributed by atoms with van der Waals surface area (Å²) in [7, 11) is 0. The lowest BCUT2D eigenvalue weighted by Crippen LogP contribution is -2.55. The number of rotatable bonds is 2. The topological polar surface area (TPSA) is 66.6 Å². The molecule has 2 fully saturated rings. The van der Waals surface area contributed by atoms with Gasteiger partial charge in [-0.25, -0.2) is 0 Å². The van der Waals surface area contributed by atoms with E-state index < -0.39 is 5.60 Å². The highest BCUT2D eigenvalue weighted by molar-refractivity contribution is 7.08. The fourth-order valence-corrected chi connectivity index (χ4v) is 3.99. The molecule has 0 saturated carbocycles. The van der Waals surface area contributed by atoms with Crippen LogP contribution < -0.4 is 5.73 Å². The van der Waals surface area contributed by atoms with Crippen molar-refractivity contribution >= 4 is 17.2 Å². The zero-order valence-electron chi connectivity index (χ0n) is 10.2. The SMILES string of the molecule is NCC1(O)C[C@H]2CC[C@@H](C1)N2C(=O)c1ccsc1. The number of carbonyl (C=O) groups is 1. The van der Waals surface area contributed by atoms with E-state index >= 15 is 0 Å². The van der Waals surface area contributed by atoms with Gasteiger partial charge in [0.15, 0.2) is 0 Å². The summed E-state index contributed by atoms with van der Waals surface area (Å²) in [6.07, 6.45) is 3.22. The Morgan fingerprint density at radius 3 is 2.67 bits per heavy atom. The summed E-state index contributed by atoms with van der Waals surface area (Å²) < 4.78 is 0. The van der Waals surface area contributed by atoms with Gasteiger partial charge in [-0.3, -0.25) is 4.79 Å². The normalized spacial score (nSPS) is 34.9. The zero-order chi connectivity index (χ0) is 12.8. The van der Waals surface area contributed by atoms with Crippen LogP contribution in [0.4, 0.5) is 0 Å². The van der Waals surface area contributed by atoms with Gasteiger partial charge < -0.3 is 15.7 Å². The number of hydrogen-bond donors (Lipinski definition) is 2. The van der Waals surface area contributed by atoms with E-state index in [0.717, 1.165) is 18.4 Å². The summed E-state index contributed by atoms with van der Waals surface area (Å²) in [5.74, 6) is 0.114. The molecule has 0 spiro atoms. The molecule has 5 heteroatoms. The van der Waals surface area contributed by atoms with E-state index in [-0.39, 0.29) is 18.0 Å². The van der Waals surface area contributed by atoms with E-state index in [0.29, 0.717) is 19.4 Å². The van der Waals surface area contributed by atoms with Crippen LogP contribution in [0.5, 0.6) is 0 Å². The minimum atomic E-state index is -0.767. The molecule has 1 aromatic rings. The number of amides is 1. The maximum absolute atomic E-state index is 12.4. The Bertz CT molecular complexity index is 432. The van der Waals surface area contributed by atoms with Gasteiger partial charge in [-0.2, -0.15) is 11.3 Å². The Labute approximate surface area is 110 Å². The van der Waals surface area contributed by atoms with Gasteiger partial charge in [-0.05, 0) is 37.1 Å². The van der Waals surface area contributed by atoms with E-state index in [1.54, 1.807) is 11.3 Å². The Hall–Kier alpha value is -0.910. The Balaban J connectivity index is 1.82. The maximum Gasteiger partial charge on any atom is 0.255 e. The molecule has 1 aromatic heterocycles. The molecular weight excluding hydrogens is 248 g/mol. The van der Waals surface area contributed by atoms with Crippen molar-refractivity contribution in [3.8, 4) is 0 Å². The molecule has 3 atom stereocenters. The fourth-order valence-electron chi connectivity index (χ4n) is 3.36. The molecule has 98 valence electrons. The predicted molar refractivity (Wildman–Crippen MR) is 70.5 cm³/mol. The van der Waals surface area contributed by atoms with E-state index in [9.17, 15) is 9.90 Å². The molecule has 2 bridgehead atoms. The predicted octanol–water partition coefficient (Wildman–Crippen LogP) is 1.20. The summed E-state index contributed by atoms with van der Waals surface area (Å²) in [6.45, 7) is 0.292. The Morgan fingerprint density at radius 1 is 1.50 bits per heavy atom. The molecule has 2 saturated heterocycles. The van der Waals surface area contributed by atoms with E-state index in [2.05, 4.69) is 0 Å². The standard InChI is InChI=1S/C13H18N2O2S/c14-8-13(17)5-10-1-2-11(6-13)15(10)12(16)9-3-4-18-7-9/h3-4,7,10-11,17H,1-2,5-6,8,14H2/t10-,11+,13?. The van der Waals surface area contributed by atoms with Crippen LogP contribution in [0.3, 0.4) is 0 Å². The van der Waals surface area contributed by atoms with Gasteiger partial charge >= 0.3 is 0 Å². The van der Waals surface area contributed by atoms with Gasteiger partial charge in [0, 0.05) is 24.0 Å². The quantitative estimate of drug-likeness (QED) is 0.845. The van der Waals surface area contributed by atoms with Crippen LogP contribution in [0.15, 0.2) is 16.8 Å². The lowest BCUT2D eigenvalue weighted by Gasteiger charge is -2.43. The molecular formula is C13H18N2O2S. The molecule has 18 heavy (non-hydrogen) atoms. The molecule has 3 heterocycles. The van der Waals surface area contributed by atoms with Gasteiger partial charge in [0.05, 0.1) is 11.2 Å². The molecule has 1 unspecified atom stereocenters. The number of aliphatic hydroxyl groups is 1. The van der Waals surface area contributed by atoms with Crippen molar-refractivity contribution in [3.63, 3.8) is 0 Å². The summed E-state index contributed by atoms with van der Waals surface area (Å²) >= 11 is 1.54. The highest BCUT2D eigenvalue weighted by atomic mass is 32.1. The first-order chi connectivity index (χ1) is 8.63. The summed E-state index contributed by atoms with van der Waals surface area (Å²) in [4.78, 5) is 14.4. The molecule has 3 N–H and O–H groups in total. The number of piperidine rings is 1. The van der Waals surface area contributed by atoms with Gasteiger partial charge in [-0.15, -0.1) is 0 Å². The van der Waals surface area contributed by atoms with Crippen LogP contribution in [0.1, 0.15) is 36.0 Å². The third kappa shape index (κ3) is 1.86. The zero-order valence-corrected chi connectivity index (χ0v) is 11.0. The smallest absolute Gasteiger partial charge is 0.255 e. The number of fused-ring (bicyclic) bond motifs is 2. The Morgan fingerprint density at radius 2 is 2.17 bits per heavy atom. The Kier molecular flexibility index (Phi) is 2.92.